The second-order valence-corrected chi connectivity index (χ2v) is 16.6. The molecule has 16 heteroatoms. The number of fused-ring (bicyclic) bond motifs is 6. The van der Waals surface area contributed by atoms with Crippen LogP contribution in [-0.2, 0) is 49.5 Å². The number of benzene rings is 1. The van der Waals surface area contributed by atoms with Crippen molar-refractivity contribution in [1.82, 2.24) is 14.9 Å². The van der Waals surface area contributed by atoms with Gasteiger partial charge in [0.25, 0.3) is 0 Å². The van der Waals surface area contributed by atoms with Crippen molar-refractivity contribution in [2.24, 2.45) is 27.9 Å². The number of para-hydroxylation sites is 2. The lowest BCUT2D eigenvalue weighted by Gasteiger charge is -2.47. The first-order valence-electron chi connectivity index (χ1n) is 19.9. The van der Waals surface area contributed by atoms with Crippen molar-refractivity contribution >= 4 is 40.1 Å². The first kappa shape index (κ1) is 44.5. The fourth-order valence-electron chi connectivity index (χ4n) is 8.28. The van der Waals surface area contributed by atoms with Gasteiger partial charge >= 0.3 is 5.97 Å². The molecule has 57 heavy (non-hydrogen) atoms. The number of nitrogens with one attached hydrogen (secondary N) is 1. The summed E-state index contributed by atoms with van der Waals surface area (Å²) in [6, 6.07) is 7.26. The molecule has 0 radical (unpaired) electrons. The van der Waals surface area contributed by atoms with E-state index in [2.05, 4.69) is 20.1 Å². The van der Waals surface area contributed by atoms with Gasteiger partial charge in [-0.25, -0.2) is 9.98 Å². The maximum atomic E-state index is 14.4. The third-order valence-corrected chi connectivity index (χ3v) is 11.6. The Balaban J connectivity index is 1.63. The Labute approximate surface area is 334 Å². The molecule has 1 amide bonds. The highest BCUT2D eigenvalue weighted by molar-refractivity contribution is 6.00. The number of hydrogen-bond donors (Lipinski definition) is 3. The number of esters is 1. The van der Waals surface area contributed by atoms with Gasteiger partial charge in [-0.3, -0.25) is 14.4 Å². The molecular formula is C41H61N5O11. The summed E-state index contributed by atoms with van der Waals surface area (Å²) in [6.07, 6.45) is -5.03. The minimum Gasteiger partial charge on any atom is -0.459 e. The van der Waals surface area contributed by atoms with E-state index in [0.717, 1.165) is 11.0 Å². The number of ketones is 1. The number of ether oxygens (including phenoxy) is 5. The van der Waals surface area contributed by atoms with Gasteiger partial charge in [0.2, 0.25) is 5.91 Å². The van der Waals surface area contributed by atoms with E-state index in [9.17, 15) is 24.6 Å². The summed E-state index contributed by atoms with van der Waals surface area (Å²) in [5, 5.41) is 28.3. The van der Waals surface area contributed by atoms with Crippen molar-refractivity contribution in [3.8, 4) is 0 Å². The molecule has 1 aromatic carbocycles. The summed E-state index contributed by atoms with van der Waals surface area (Å²) in [6.45, 7) is 12.9. The minimum absolute atomic E-state index is 0.00576. The quantitative estimate of drug-likeness (QED) is 0.208. The summed E-state index contributed by atoms with van der Waals surface area (Å²) >= 11 is 0. The molecule has 5 rings (SSSR count). The molecule has 2 aromatic rings. The third-order valence-electron chi connectivity index (χ3n) is 11.6. The van der Waals surface area contributed by atoms with Gasteiger partial charge in [0.05, 0.1) is 48.2 Å². The maximum absolute atomic E-state index is 14.4. The highest BCUT2D eigenvalue weighted by Gasteiger charge is 2.51. The van der Waals surface area contributed by atoms with E-state index in [-0.39, 0.29) is 51.2 Å². The molecule has 3 N–H and O–H groups in total. The number of H-pyrrole nitrogens is 1. The molecule has 0 saturated carbocycles. The van der Waals surface area contributed by atoms with Crippen molar-refractivity contribution in [1.29, 1.82) is 0 Å². The summed E-state index contributed by atoms with van der Waals surface area (Å²) in [5.74, 6) is -4.01. The van der Waals surface area contributed by atoms with Crippen LogP contribution >= 0.6 is 0 Å². The molecule has 3 saturated heterocycles. The van der Waals surface area contributed by atoms with Crippen molar-refractivity contribution in [2.75, 3.05) is 27.3 Å². The molecule has 2 bridgehead atoms. The number of carbonyl (C=O) groups is 3. The number of aliphatic hydroxyl groups excluding tert-OH is 1. The van der Waals surface area contributed by atoms with Gasteiger partial charge in [-0.1, -0.05) is 38.1 Å². The molecule has 316 valence electrons. The van der Waals surface area contributed by atoms with Crippen LogP contribution in [0.4, 0.5) is 0 Å². The van der Waals surface area contributed by atoms with Crippen molar-refractivity contribution < 1.29 is 53.1 Å². The average molecular weight is 800 g/mol. The SMILES string of the molecule is CC[C@@H]1OC(=O)[C@H](C)C(=O)[C@H](C)[C@@H](O[C@@H]2O[C@H](C)C[C@H](N(C)C)[C@H]2O)[C@@]2(C)C[C@@H](C)C(=NC(C)=O)C[C@H](OC/C(=N/OCc3nc4ccccc4[nH]3)CO2)[C@]1(C)O. The zero-order chi connectivity index (χ0) is 41.8. The second kappa shape index (κ2) is 18.5. The van der Waals surface area contributed by atoms with Crippen LogP contribution in [0.3, 0.4) is 0 Å². The largest absolute Gasteiger partial charge is 0.459 e. The summed E-state index contributed by atoms with van der Waals surface area (Å²) in [7, 11) is 3.73. The number of imidazole rings is 1. The monoisotopic (exact) mass is 799 g/mol. The van der Waals surface area contributed by atoms with Gasteiger partial charge in [-0.2, -0.15) is 0 Å². The highest BCUT2D eigenvalue weighted by Crippen LogP contribution is 2.39. The number of aliphatic imine (C=N–C) groups is 1. The van der Waals surface area contributed by atoms with Gasteiger partial charge in [0, 0.05) is 31.0 Å². The van der Waals surface area contributed by atoms with Crippen LogP contribution in [0.25, 0.3) is 11.0 Å². The Morgan fingerprint density at radius 3 is 2.51 bits per heavy atom. The summed E-state index contributed by atoms with van der Waals surface area (Å²) < 4.78 is 32.2. The van der Waals surface area contributed by atoms with E-state index < -0.39 is 77.3 Å². The number of rotatable bonds is 7. The number of cyclic esters (lactones) is 1. The standard InChI is InChI=1S/C41H61N5O11/c1-11-32-41(8,51)33-17-30(42-26(6)47)22(2)18-40(7,53-20-27(19-52-33)45-54-21-34-43-28-14-12-13-15-29(28)44-34)37(24(4)35(48)25(5)38(50)56-32)57-39-36(49)31(46(9)10)16-23(3)55-39/h12-15,22-25,31-33,36-37,39,49,51H,11,16-21H2,1-10H3,(H,43,44)/b42-30?,45-27-/t22-,23-,24+,25-,31+,32+,33+,36-,37-,39+,40-,41-/m1/s1. The van der Waals surface area contributed by atoms with Crippen molar-refractivity contribution in [3.05, 3.63) is 30.1 Å². The predicted octanol–water partition coefficient (Wildman–Crippen LogP) is 3.75. The van der Waals surface area contributed by atoms with Gasteiger partial charge in [0.1, 0.15) is 35.3 Å². The number of Topliss-reactive ketones (excluding diaryl/α,β-unsaturated/α-hetero) is 1. The van der Waals surface area contributed by atoms with Gasteiger partial charge in [-0.15, -0.1) is 0 Å². The van der Waals surface area contributed by atoms with E-state index in [4.69, 9.17) is 28.5 Å². The third kappa shape index (κ3) is 10.3. The zero-order valence-corrected chi connectivity index (χ0v) is 34.9. The summed E-state index contributed by atoms with van der Waals surface area (Å²) in [5.41, 5.74) is -0.894. The molecule has 0 aliphatic carbocycles. The van der Waals surface area contributed by atoms with Crippen LogP contribution < -0.4 is 0 Å². The van der Waals surface area contributed by atoms with Crippen LogP contribution in [0.15, 0.2) is 34.4 Å². The van der Waals surface area contributed by atoms with Crippen molar-refractivity contribution in [2.45, 2.75) is 142 Å². The number of oxime groups is 1. The van der Waals surface area contributed by atoms with E-state index in [1.807, 2.05) is 57.1 Å². The van der Waals surface area contributed by atoms with E-state index in [1.54, 1.807) is 20.8 Å². The topological polar surface area (TPSA) is 204 Å². The molecule has 3 aliphatic heterocycles. The number of aromatic amines is 1. The van der Waals surface area contributed by atoms with Gasteiger partial charge < -0.3 is 48.6 Å². The number of aliphatic hydroxyl groups is 2. The molecule has 4 heterocycles. The normalized spacial score (nSPS) is 37.8. The lowest BCUT2D eigenvalue weighted by atomic mass is 9.76. The van der Waals surface area contributed by atoms with Crippen LogP contribution in [0.5, 0.6) is 0 Å². The first-order valence-corrected chi connectivity index (χ1v) is 19.9. The minimum atomic E-state index is -1.82. The second-order valence-electron chi connectivity index (χ2n) is 16.6. The van der Waals surface area contributed by atoms with Crippen LogP contribution in [0.2, 0.25) is 0 Å². The van der Waals surface area contributed by atoms with Crippen LogP contribution in [-0.4, -0.2) is 136 Å². The fraction of sp³-hybridized carbons (Fsp3) is 0.707. The Hall–Kier alpha value is -3.64. The molecular weight excluding hydrogens is 738 g/mol. The van der Waals surface area contributed by atoms with Gasteiger partial charge in [0.15, 0.2) is 18.7 Å². The number of hydrogen-bond acceptors (Lipinski definition) is 14. The molecule has 16 nitrogen and oxygen atoms in total. The van der Waals surface area contributed by atoms with Crippen LogP contribution in [0.1, 0.15) is 86.9 Å². The highest BCUT2D eigenvalue weighted by atomic mass is 16.7. The van der Waals surface area contributed by atoms with Crippen molar-refractivity contribution in [3.63, 3.8) is 0 Å². The molecule has 12 atom stereocenters. The number of likely N-dealkylation sites (N-methyl/N-ethyl adjacent to an activating group) is 1. The average Bonchev–Trinajstić information content (AvgIpc) is 3.57. The lowest BCUT2D eigenvalue weighted by Crippen LogP contribution is -2.59. The maximum Gasteiger partial charge on any atom is 0.316 e. The molecule has 0 spiro atoms. The predicted molar refractivity (Wildman–Crippen MR) is 210 cm³/mol. The number of carbonyl (C=O) groups excluding carboxylic acids is 3. The lowest BCUT2D eigenvalue weighted by molar-refractivity contribution is -0.296. The first-order chi connectivity index (χ1) is 26.8. The Morgan fingerprint density at radius 1 is 1.12 bits per heavy atom. The fourth-order valence-corrected chi connectivity index (χ4v) is 8.28. The van der Waals surface area contributed by atoms with E-state index in [0.29, 0.717) is 23.7 Å². The Morgan fingerprint density at radius 2 is 1.84 bits per heavy atom. The Bertz CT molecular complexity index is 1760. The van der Waals surface area contributed by atoms with Gasteiger partial charge in [-0.05, 0) is 79.1 Å². The summed E-state index contributed by atoms with van der Waals surface area (Å²) in [4.78, 5) is 60.8. The van der Waals surface area contributed by atoms with E-state index >= 15 is 0 Å². The Kier molecular flexibility index (Phi) is 14.4. The van der Waals surface area contributed by atoms with E-state index in [1.165, 1.54) is 20.8 Å². The zero-order valence-electron chi connectivity index (χ0n) is 34.9. The number of aromatic nitrogens is 2. The smallest absolute Gasteiger partial charge is 0.316 e. The number of nitrogens with zero attached hydrogens (tertiary/aromatic N) is 4. The molecule has 3 fully saturated rings. The molecule has 0 unspecified atom stereocenters. The molecule has 3 aliphatic rings. The molecule has 1 aromatic heterocycles. The number of amides is 1. The van der Waals surface area contributed by atoms with Crippen LogP contribution in [0, 0.1) is 17.8 Å².